The summed E-state index contributed by atoms with van der Waals surface area (Å²) in [4.78, 5) is 31.2. The largest absolute Gasteiger partial charge is 0.493 e. The van der Waals surface area contributed by atoms with Crippen LogP contribution in [-0.4, -0.2) is 55.0 Å². The molecule has 2 aliphatic heterocycles. The average molecular weight is 427 g/mol. The van der Waals surface area contributed by atoms with Crippen LogP contribution in [0.15, 0.2) is 23.9 Å². The smallest absolute Gasteiger partial charge is 0.278 e. The van der Waals surface area contributed by atoms with E-state index in [2.05, 4.69) is 11.8 Å². The van der Waals surface area contributed by atoms with Crippen LogP contribution in [0.5, 0.6) is 11.5 Å². The van der Waals surface area contributed by atoms with Crippen molar-refractivity contribution in [3.05, 3.63) is 29.5 Å². The summed E-state index contributed by atoms with van der Waals surface area (Å²) in [7, 11) is 3.18. The number of ether oxygens (including phenoxy) is 2. The van der Waals surface area contributed by atoms with Gasteiger partial charge in [0.2, 0.25) is 0 Å². The van der Waals surface area contributed by atoms with Gasteiger partial charge in [-0.1, -0.05) is 38.7 Å². The number of methoxy groups -OCH3 is 2. The quantitative estimate of drug-likeness (QED) is 0.521. The number of carbonyl (C=O) groups excluding carboxylic acids is 2. The minimum atomic E-state index is -0.155. The molecule has 0 unspecified atom stereocenters. The van der Waals surface area contributed by atoms with E-state index in [1.807, 2.05) is 18.2 Å². The standard InChI is InChI=1S/C25H34N2O4/c1-17-12-14-26(15-13-17)23-22(18-10-11-20(30-2)21(16-18)31-3)24(28)27(25(23)29)19-8-6-4-5-7-9-19/h10-11,16-17,19H,4-9,12-15H2,1-3H3. The second kappa shape index (κ2) is 9.33. The van der Waals surface area contributed by atoms with Crippen molar-refractivity contribution in [1.82, 2.24) is 9.80 Å². The Morgan fingerprint density at radius 1 is 0.839 bits per heavy atom. The summed E-state index contributed by atoms with van der Waals surface area (Å²) in [5.41, 5.74) is 1.82. The van der Waals surface area contributed by atoms with E-state index in [4.69, 9.17) is 9.47 Å². The van der Waals surface area contributed by atoms with Crippen LogP contribution in [0.1, 0.15) is 63.9 Å². The van der Waals surface area contributed by atoms with Gasteiger partial charge in [0.15, 0.2) is 11.5 Å². The van der Waals surface area contributed by atoms with Crippen molar-refractivity contribution in [2.45, 2.75) is 64.3 Å². The van der Waals surface area contributed by atoms with E-state index in [0.29, 0.717) is 28.7 Å². The molecular formula is C25H34N2O4. The summed E-state index contributed by atoms with van der Waals surface area (Å²) < 4.78 is 10.9. The molecule has 0 radical (unpaired) electrons. The fourth-order valence-electron chi connectivity index (χ4n) is 5.16. The number of rotatable bonds is 5. The average Bonchev–Trinajstić information content (AvgIpc) is 2.95. The van der Waals surface area contributed by atoms with Crippen molar-refractivity contribution in [3.63, 3.8) is 0 Å². The summed E-state index contributed by atoms with van der Waals surface area (Å²) in [5.74, 6) is 1.55. The lowest BCUT2D eigenvalue weighted by Gasteiger charge is -2.33. The van der Waals surface area contributed by atoms with Crippen molar-refractivity contribution in [3.8, 4) is 11.5 Å². The molecule has 31 heavy (non-hydrogen) atoms. The molecule has 1 aromatic rings. The zero-order chi connectivity index (χ0) is 22.0. The summed E-state index contributed by atoms with van der Waals surface area (Å²) >= 11 is 0. The number of piperidine rings is 1. The highest BCUT2D eigenvalue weighted by Gasteiger charge is 2.45. The van der Waals surface area contributed by atoms with Gasteiger partial charge in [-0.15, -0.1) is 0 Å². The minimum absolute atomic E-state index is 0.00106. The van der Waals surface area contributed by atoms with E-state index in [1.54, 1.807) is 19.1 Å². The molecule has 0 N–H and O–H groups in total. The Balaban J connectivity index is 1.76. The van der Waals surface area contributed by atoms with E-state index in [9.17, 15) is 9.59 Å². The van der Waals surface area contributed by atoms with E-state index in [0.717, 1.165) is 57.2 Å². The lowest BCUT2D eigenvalue weighted by atomic mass is 9.97. The molecule has 1 saturated carbocycles. The molecule has 4 rings (SSSR count). The van der Waals surface area contributed by atoms with Crippen LogP contribution in [0.25, 0.3) is 5.57 Å². The first kappa shape index (κ1) is 21.7. The molecular weight excluding hydrogens is 392 g/mol. The lowest BCUT2D eigenvalue weighted by molar-refractivity contribution is -0.140. The van der Waals surface area contributed by atoms with Gasteiger partial charge in [-0.2, -0.15) is 0 Å². The molecule has 0 atom stereocenters. The Kier molecular flexibility index (Phi) is 6.54. The second-order valence-corrected chi connectivity index (χ2v) is 9.09. The number of hydrogen-bond donors (Lipinski definition) is 0. The number of hydrogen-bond acceptors (Lipinski definition) is 5. The Morgan fingerprint density at radius 2 is 1.48 bits per heavy atom. The SMILES string of the molecule is COc1ccc(C2=C(N3CCC(C)CC3)C(=O)N(C3CCCCCC3)C2=O)cc1OC. The normalized spacial score (nSPS) is 21.6. The number of imide groups is 1. The predicted octanol–water partition coefficient (Wildman–Crippen LogP) is 4.24. The molecule has 1 aromatic carbocycles. The zero-order valence-electron chi connectivity index (χ0n) is 19.0. The molecule has 1 saturated heterocycles. The maximum absolute atomic E-state index is 13.7. The monoisotopic (exact) mass is 426 g/mol. The highest BCUT2D eigenvalue weighted by molar-refractivity contribution is 6.35. The predicted molar refractivity (Wildman–Crippen MR) is 120 cm³/mol. The lowest BCUT2D eigenvalue weighted by Crippen LogP contribution is -2.43. The summed E-state index contributed by atoms with van der Waals surface area (Å²) in [6, 6.07) is 5.50. The maximum Gasteiger partial charge on any atom is 0.278 e. The first-order valence-electron chi connectivity index (χ1n) is 11.6. The van der Waals surface area contributed by atoms with Crippen molar-refractivity contribution in [1.29, 1.82) is 0 Å². The van der Waals surface area contributed by atoms with Gasteiger partial charge in [-0.05, 0) is 49.3 Å². The van der Waals surface area contributed by atoms with Gasteiger partial charge in [0.25, 0.3) is 11.8 Å². The van der Waals surface area contributed by atoms with Crippen LogP contribution >= 0.6 is 0 Å². The fraction of sp³-hybridized carbons (Fsp3) is 0.600. The number of benzene rings is 1. The Bertz CT molecular complexity index is 862. The van der Waals surface area contributed by atoms with Crippen LogP contribution in [-0.2, 0) is 9.59 Å². The van der Waals surface area contributed by atoms with Crippen LogP contribution in [0.3, 0.4) is 0 Å². The number of amides is 2. The zero-order valence-corrected chi connectivity index (χ0v) is 19.0. The van der Waals surface area contributed by atoms with Gasteiger partial charge in [0, 0.05) is 19.1 Å². The van der Waals surface area contributed by atoms with Crippen LogP contribution in [0, 0.1) is 5.92 Å². The summed E-state index contributed by atoms with van der Waals surface area (Å²) in [6.07, 6.45) is 8.39. The topological polar surface area (TPSA) is 59.1 Å². The van der Waals surface area contributed by atoms with Gasteiger partial charge >= 0.3 is 0 Å². The van der Waals surface area contributed by atoms with Crippen molar-refractivity contribution >= 4 is 17.4 Å². The third kappa shape index (κ3) is 4.17. The summed E-state index contributed by atoms with van der Waals surface area (Å²) in [5, 5.41) is 0. The molecule has 6 nitrogen and oxygen atoms in total. The molecule has 3 aliphatic rings. The molecule has 2 amide bonds. The maximum atomic E-state index is 13.7. The van der Waals surface area contributed by atoms with Crippen molar-refractivity contribution in [2.24, 2.45) is 5.92 Å². The van der Waals surface area contributed by atoms with Gasteiger partial charge in [0.1, 0.15) is 5.70 Å². The first-order chi connectivity index (χ1) is 15.0. The van der Waals surface area contributed by atoms with Crippen LogP contribution in [0.2, 0.25) is 0 Å². The number of nitrogens with zero attached hydrogens (tertiary/aromatic N) is 2. The second-order valence-electron chi connectivity index (χ2n) is 9.09. The summed E-state index contributed by atoms with van der Waals surface area (Å²) in [6.45, 7) is 3.87. The van der Waals surface area contributed by atoms with Crippen LogP contribution in [0.4, 0.5) is 0 Å². The fourth-order valence-corrected chi connectivity index (χ4v) is 5.16. The molecule has 0 spiro atoms. The molecule has 2 heterocycles. The molecule has 2 fully saturated rings. The van der Waals surface area contributed by atoms with Gasteiger partial charge in [0.05, 0.1) is 19.8 Å². The van der Waals surface area contributed by atoms with Crippen molar-refractivity contribution < 1.29 is 19.1 Å². The number of likely N-dealkylation sites (tertiary alicyclic amines) is 1. The molecule has 1 aliphatic carbocycles. The van der Waals surface area contributed by atoms with E-state index in [1.165, 1.54) is 12.8 Å². The molecule has 6 heteroatoms. The van der Waals surface area contributed by atoms with Gasteiger partial charge in [-0.25, -0.2) is 0 Å². The molecule has 0 aromatic heterocycles. The van der Waals surface area contributed by atoms with E-state index in [-0.39, 0.29) is 17.9 Å². The Morgan fingerprint density at radius 3 is 2.10 bits per heavy atom. The molecule has 168 valence electrons. The highest BCUT2D eigenvalue weighted by Crippen LogP contribution is 2.39. The third-order valence-electron chi connectivity index (χ3n) is 7.05. The van der Waals surface area contributed by atoms with E-state index < -0.39 is 0 Å². The van der Waals surface area contributed by atoms with Crippen molar-refractivity contribution in [2.75, 3.05) is 27.3 Å². The Labute approximate surface area is 185 Å². The Hall–Kier alpha value is -2.50. The highest BCUT2D eigenvalue weighted by atomic mass is 16.5. The van der Waals surface area contributed by atoms with E-state index >= 15 is 0 Å². The van der Waals surface area contributed by atoms with Gasteiger partial charge < -0.3 is 14.4 Å². The van der Waals surface area contributed by atoms with Gasteiger partial charge in [-0.3, -0.25) is 14.5 Å². The van der Waals surface area contributed by atoms with Crippen LogP contribution < -0.4 is 9.47 Å². The third-order valence-corrected chi connectivity index (χ3v) is 7.05. The minimum Gasteiger partial charge on any atom is -0.493 e. The first-order valence-corrected chi connectivity index (χ1v) is 11.6. The molecule has 0 bridgehead atoms. The number of carbonyl (C=O) groups is 2.